The van der Waals surface area contributed by atoms with Gasteiger partial charge in [-0.05, 0) is 75.0 Å². The number of likely N-dealkylation sites (tertiary alicyclic amines) is 1. The van der Waals surface area contributed by atoms with Crippen molar-refractivity contribution in [3.05, 3.63) is 29.0 Å². The van der Waals surface area contributed by atoms with Crippen LogP contribution in [0.3, 0.4) is 0 Å². The summed E-state index contributed by atoms with van der Waals surface area (Å²) in [4.78, 5) is 2.63. The van der Waals surface area contributed by atoms with Crippen LogP contribution in [0.15, 0.2) is 24.3 Å². The van der Waals surface area contributed by atoms with Gasteiger partial charge in [0.1, 0.15) is 5.75 Å². The summed E-state index contributed by atoms with van der Waals surface area (Å²) in [5.74, 6) is 2.68. The molecule has 1 aliphatic carbocycles. The summed E-state index contributed by atoms with van der Waals surface area (Å²) in [6.45, 7) is 4.94. The minimum Gasteiger partial charge on any atom is -0.497 e. The molecule has 146 valence electrons. The number of ether oxygens (including phenoxy) is 1. The Morgan fingerprint density at radius 2 is 1.85 bits per heavy atom. The van der Waals surface area contributed by atoms with Gasteiger partial charge in [-0.2, -0.15) is 5.10 Å². The second-order valence-corrected chi connectivity index (χ2v) is 8.15. The van der Waals surface area contributed by atoms with Gasteiger partial charge < -0.3 is 9.30 Å². The van der Waals surface area contributed by atoms with Crippen LogP contribution >= 0.6 is 12.2 Å². The van der Waals surface area contributed by atoms with E-state index in [1.807, 2.05) is 16.8 Å². The largest absolute Gasteiger partial charge is 0.497 e. The Morgan fingerprint density at radius 3 is 2.59 bits per heavy atom. The lowest BCUT2D eigenvalue weighted by Gasteiger charge is -2.43. The number of hydrogen-bond donors (Lipinski definition) is 0. The topological polar surface area (TPSA) is 35.2 Å². The molecule has 0 unspecified atom stereocenters. The van der Waals surface area contributed by atoms with E-state index in [2.05, 4.69) is 28.5 Å². The Bertz CT molecular complexity index is 824. The van der Waals surface area contributed by atoms with Gasteiger partial charge in [0.05, 0.1) is 13.8 Å². The van der Waals surface area contributed by atoms with Gasteiger partial charge in [-0.15, -0.1) is 0 Å². The summed E-state index contributed by atoms with van der Waals surface area (Å²) in [6.07, 6.45) is 8.19. The number of benzene rings is 1. The van der Waals surface area contributed by atoms with Crippen molar-refractivity contribution in [2.75, 3.05) is 13.7 Å². The molecule has 2 atom stereocenters. The molecule has 0 radical (unpaired) electrons. The number of methoxy groups -OCH3 is 1. The fraction of sp³-hybridized carbons (Fsp3) is 0.619. The van der Waals surface area contributed by atoms with Gasteiger partial charge in [-0.3, -0.25) is 4.90 Å². The van der Waals surface area contributed by atoms with Crippen LogP contribution in [0.4, 0.5) is 0 Å². The van der Waals surface area contributed by atoms with Crippen molar-refractivity contribution < 1.29 is 4.74 Å². The number of piperidine rings is 1. The zero-order valence-corrected chi connectivity index (χ0v) is 17.2. The van der Waals surface area contributed by atoms with Gasteiger partial charge >= 0.3 is 0 Å². The van der Waals surface area contributed by atoms with Crippen molar-refractivity contribution in [1.29, 1.82) is 0 Å². The van der Waals surface area contributed by atoms with Crippen molar-refractivity contribution in [3.63, 3.8) is 0 Å². The van der Waals surface area contributed by atoms with Crippen LogP contribution in [0.1, 0.15) is 45.4 Å². The summed E-state index contributed by atoms with van der Waals surface area (Å²) >= 11 is 5.79. The third kappa shape index (κ3) is 3.69. The maximum atomic E-state index is 5.79. The van der Waals surface area contributed by atoms with Gasteiger partial charge in [0.25, 0.3) is 0 Å². The number of fused-ring (bicyclic) bond motifs is 1. The van der Waals surface area contributed by atoms with E-state index in [0.29, 0.717) is 6.04 Å². The van der Waals surface area contributed by atoms with Crippen molar-refractivity contribution in [3.8, 4) is 17.1 Å². The zero-order valence-electron chi connectivity index (χ0n) is 16.4. The highest BCUT2D eigenvalue weighted by atomic mass is 32.1. The van der Waals surface area contributed by atoms with Crippen molar-refractivity contribution in [2.24, 2.45) is 5.92 Å². The summed E-state index contributed by atoms with van der Waals surface area (Å²) in [6, 6.07) is 8.80. The van der Waals surface area contributed by atoms with Gasteiger partial charge in [-0.1, -0.05) is 12.8 Å². The molecule has 0 bridgehead atoms. The molecule has 1 saturated carbocycles. The SMILES string of the molecule is CCn1c(-c2ccc(OC)cc2)nn(CN2CCC[C@@H]3CCCC[C@@H]32)c1=S. The summed E-state index contributed by atoms with van der Waals surface area (Å²) in [7, 11) is 1.69. The molecule has 4 rings (SSSR count). The molecule has 1 aromatic carbocycles. The average molecular weight is 387 g/mol. The lowest BCUT2D eigenvalue weighted by Crippen LogP contribution is -2.47. The first-order chi connectivity index (χ1) is 13.2. The number of aromatic nitrogens is 3. The molecule has 27 heavy (non-hydrogen) atoms. The molecule has 2 aromatic rings. The highest BCUT2D eigenvalue weighted by Crippen LogP contribution is 2.35. The normalized spacial score (nSPS) is 23.2. The van der Waals surface area contributed by atoms with Crippen molar-refractivity contribution in [2.45, 2.75) is 64.7 Å². The first-order valence-electron chi connectivity index (χ1n) is 10.3. The van der Waals surface area contributed by atoms with E-state index in [-0.39, 0.29) is 0 Å². The number of hydrogen-bond acceptors (Lipinski definition) is 4. The first kappa shape index (κ1) is 18.7. The molecule has 0 spiro atoms. The minimum atomic E-state index is 0.714. The molecule has 5 nitrogen and oxygen atoms in total. The lowest BCUT2D eigenvalue weighted by molar-refractivity contribution is 0.0323. The molecule has 0 amide bonds. The maximum absolute atomic E-state index is 5.79. The zero-order chi connectivity index (χ0) is 18.8. The highest BCUT2D eigenvalue weighted by Gasteiger charge is 2.33. The van der Waals surface area contributed by atoms with Crippen LogP contribution in [0.2, 0.25) is 0 Å². The standard InChI is InChI=1S/C21H30N4OS/c1-3-24-20(17-10-12-18(26-2)13-11-17)22-25(21(24)27)15-23-14-6-8-16-7-4-5-9-19(16)23/h10-13,16,19H,3-9,14-15H2,1-2H3/t16-,19-/m0/s1. The van der Waals surface area contributed by atoms with Crippen LogP contribution in [-0.2, 0) is 13.2 Å². The van der Waals surface area contributed by atoms with Crippen LogP contribution in [0.25, 0.3) is 11.4 Å². The van der Waals surface area contributed by atoms with Crippen LogP contribution in [-0.4, -0.2) is 38.9 Å². The smallest absolute Gasteiger partial charge is 0.199 e. The van der Waals surface area contributed by atoms with Crippen LogP contribution in [0, 0.1) is 10.7 Å². The van der Waals surface area contributed by atoms with E-state index in [1.54, 1.807) is 7.11 Å². The number of rotatable bonds is 5. The maximum Gasteiger partial charge on any atom is 0.199 e. The fourth-order valence-corrected chi connectivity index (χ4v) is 5.16. The van der Waals surface area contributed by atoms with E-state index in [1.165, 1.54) is 45.1 Å². The fourth-order valence-electron chi connectivity index (χ4n) is 4.85. The summed E-state index contributed by atoms with van der Waals surface area (Å²) in [5, 5.41) is 4.93. The molecule has 2 aliphatic rings. The van der Waals surface area contributed by atoms with E-state index in [4.69, 9.17) is 22.1 Å². The van der Waals surface area contributed by atoms with Gasteiger partial charge in [0.15, 0.2) is 10.6 Å². The minimum absolute atomic E-state index is 0.714. The van der Waals surface area contributed by atoms with E-state index >= 15 is 0 Å². The molecule has 1 aliphatic heterocycles. The summed E-state index contributed by atoms with van der Waals surface area (Å²) in [5.41, 5.74) is 1.08. The Hall–Kier alpha value is -1.66. The molecule has 6 heteroatoms. The van der Waals surface area contributed by atoms with Crippen molar-refractivity contribution in [1.82, 2.24) is 19.2 Å². The second-order valence-electron chi connectivity index (χ2n) is 7.79. The van der Waals surface area contributed by atoms with E-state index in [9.17, 15) is 0 Å². The van der Waals surface area contributed by atoms with Gasteiger partial charge in [-0.25, -0.2) is 4.68 Å². The Labute approximate surface area is 166 Å². The van der Waals surface area contributed by atoms with Crippen molar-refractivity contribution >= 4 is 12.2 Å². The van der Waals surface area contributed by atoms with E-state index < -0.39 is 0 Å². The Kier molecular flexibility index (Phi) is 5.64. The molecule has 1 saturated heterocycles. The molecule has 2 fully saturated rings. The second kappa shape index (κ2) is 8.15. The van der Waals surface area contributed by atoms with E-state index in [0.717, 1.165) is 41.0 Å². The predicted molar refractivity (Wildman–Crippen MR) is 110 cm³/mol. The highest BCUT2D eigenvalue weighted by molar-refractivity contribution is 7.71. The lowest BCUT2D eigenvalue weighted by atomic mass is 9.78. The Morgan fingerprint density at radius 1 is 1.11 bits per heavy atom. The van der Waals surface area contributed by atoms with Crippen LogP contribution in [0.5, 0.6) is 5.75 Å². The van der Waals surface area contributed by atoms with Gasteiger partial charge in [0, 0.05) is 24.7 Å². The molecule has 2 heterocycles. The summed E-state index contributed by atoms with van der Waals surface area (Å²) < 4.78 is 10.3. The quantitative estimate of drug-likeness (QED) is 0.697. The average Bonchev–Trinajstić information content (AvgIpc) is 3.03. The molecular weight excluding hydrogens is 356 g/mol. The third-order valence-electron chi connectivity index (χ3n) is 6.26. The monoisotopic (exact) mass is 386 g/mol. The number of nitrogens with zero attached hydrogens (tertiary/aromatic N) is 4. The van der Waals surface area contributed by atoms with Crippen LogP contribution < -0.4 is 4.74 Å². The predicted octanol–water partition coefficient (Wildman–Crippen LogP) is 4.72. The Balaban J connectivity index is 1.61. The van der Waals surface area contributed by atoms with Gasteiger partial charge in [0.2, 0.25) is 0 Å². The molecular formula is C21H30N4OS. The third-order valence-corrected chi connectivity index (χ3v) is 6.69. The first-order valence-corrected chi connectivity index (χ1v) is 10.7. The molecule has 1 aromatic heterocycles. The molecule has 0 N–H and O–H groups in total.